The molecule has 1 saturated carbocycles. The smallest absolute Gasteiger partial charge is 0.317 e. The van der Waals surface area contributed by atoms with Crippen LogP contribution in [0.5, 0.6) is 0 Å². The summed E-state index contributed by atoms with van der Waals surface area (Å²) in [6, 6.07) is 0.316. The maximum absolute atomic E-state index is 12.4. The molecule has 6 nitrogen and oxygen atoms in total. The highest BCUT2D eigenvalue weighted by Crippen LogP contribution is 2.31. The Hall–Kier alpha value is -1.30. The average Bonchev–Trinajstić information content (AvgIpc) is 2.61. The van der Waals surface area contributed by atoms with Crippen molar-refractivity contribution >= 4 is 12.0 Å². The van der Waals surface area contributed by atoms with Crippen LogP contribution < -0.4 is 5.32 Å². The largest absolute Gasteiger partial charge is 0.480 e. The van der Waals surface area contributed by atoms with Gasteiger partial charge in [0.05, 0.1) is 6.54 Å². The fraction of sp³-hybridized carbons (Fsp3) is 0.895. The summed E-state index contributed by atoms with van der Waals surface area (Å²) in [6.07, 6.45) is 8.12. The Morgan fingerprint density at radius 1 is 1.16 bits per heavy atom. The van der Waals surface area contributed by atoms with Crippen LogP contribution in [0, 0.1) is 11.8 Å². The molecular weight excluding hydrogens is 318 g/mol. The van der Waals surface area contributed by atoms with Gasteiger partial charge < -0.3 is 15.3 Å². The van der Waals surface area contributed by atoms with Gasteiger partial charge in [0.1, 0.15) is 0 Å². The Kier molecular flexibility index (Phi) is 8.00. The standard InChI is InChI=1S/C19H35N3O3/c1-3-21(14-18(23)24)17-9-12-22(13-10-17)19(25)20-11-8-16-7-5-4-6-15(16)2/h15-17H,3-14H2,1-2H3,(H,20,25)(H,23,24). The summed E-state index contributed by atoms with van der Waals surface area (Å²) < 4.78 is 0. The molecule has 6 heteroatoms. The number of hydrogen-bond donors (Lipinski definition) is 2. The van der Waals surface area contributed by atoms with Crippen LogP contribution in [0.1, 0.15) is 58.8 Å². The number of aliphatic carboxylic acids is 1. The third kappa shape index (κ3) is 6.17. The number of carbonyl (C=O) groups is 2. The lowest BCUT2D eigenvalue weighted by molar-refractivity contribution is -0.139. The highest BCUT2D eigenvalue weighted by Gasteiger charge is 2.27. The number of hydrogen-bond acceptors (Lipinski definition) is 3. The predicted octanol–water partition coefficient (Wildman–Crippen LogP) is 2.78. The number of amides is 2. The van der Waals surface area contributed by atoms with E-state index in [9.17, 15) is 9.59 Å². The van der Waals surface area contributed by atoms with Gasteiger partial charge in [-0.15, -0.1) is 0 Å². The summed E-state index contributed by atoms with van der Waals surface area (Å²) in [5.74, 6) is 0.767. The van der Waals surface area contributed by atoms with Crippen molar-refractivity contribution in [3.05, 3.63) is 0 Å². The van der Waals surface area contributed by atoms with E-state index < -0.39 is 5.97 Å². The second-order valence-electron chi connectivity index (χ2n) is 7.72. The van der Waals surface area contributed by atoms with Crippen LogP contribution in [0.15, 0.2) is 0 Å². The number of likely N-dealkylation sites (N-methyl/N-ethyl adjacent to an activating group) is 1. The van der Waals surface area contributed by atoms with Gasteiger partial charge in [-0.05, 0) is 37.6 Å². The monoisotopic (exact) mass is 353 g/mol. The molecule has 0 spiro atoms. The van der Waals surface area contributed by atoms with Crippen molar-refractivity contribution in [2.24, 2.45) is 11.8 Å². The van der Waals surface area contributed by atoms with Crippen LogP contribution in [-0.2, 0) is 4.79 Å². The summed E-state index contributed by atoms with van der Waals surface area (Å²) in [5, 5.41) is 12.1. The van der Waals surface area contributed by atoms with Crippen LogP contribution >= 0.6 is 0 Å². The molecule has 1 heterocycles. The van der Waals surface area contributed by atoms with E-state index in [0.717, 1.165) is 44.2 Å². The Labute approximate surface area is 151 Å². The van der Waals surface area contributed by atoms with Gasteiger partial charge in [-0.3, -0.25) is 9.69 Å². The Morgan fingerprint density at radius 2 is 1.84 bits per heavy atom. The molecule has 0 bridgehead atoms. The van der Waals surface area contributed by atoms with Gasteiger partial charge in [0.2, 0.25) is 0 Å². The molecule has 2 atom stereocenters. The quantitative estimate of drug-likeness (QED) is 0.738. The lowest BCUT2D eigenvalue weighted by atomic mass is 9.79. The zero-order valence-electron chi connectivity index (χ0n) is 15.9. The first-order chi connectivity index (χ1) is 12.0. The fourth-order valence-corrected chi connectivity index (χ4v) is 4.41. The molecule has 2 unspecified atom stereocenters. The van der Waals surface area contributed by atoms with Crippen LogP contribution in [0.25, 0.3) is 0 Å². The van der Waals surface area contributed by atoms with Crippen molar-refractivity contribution in [3.63, 3.8) is 0 Å². The van der Waals surface area contributed by atoms with Crippen molar-refractivity contribution < 1.29 is 14.7 Å². The zero-order valence-corrected chi connectivity index (χ0v) is 15.9. The number of carboxylic acids is 1. The number of carbonyl (C=O) groups excluding carboxylic acids is 1. The Morgan fingerprint density at radius 3 is 2.44 bits per heavy atom. The van der Waals surface area contributed by atoms with Crippen molar-refractivity contribution in [1.82, 2.24) is 15.1 Å². The van der Waals surface area contributed by atoms with E-state index >= 15 is 0 Å². The van der Waals surface area contributed by atoms with E-state index in [1.54, 1.807) is 0 Å². The zero-order chi connectivity index (χ0) is 18.2. The molecule has 1 aliphatic heterocycles. The molecule has 0 aromatic carbocycles. The molecule has 0 radical (unpaired) electrons. The van der Waals surface area contributed by atoms with Crippen molar-refractivity contribution in [2.75, 3.05) is 32.7 Å². The van der Waals surface area contributed by atoms with E-state index in [0.29, 0.717) is 13.1 Å². The number of rotatable bonds is 7. The Balaban J connectivity index is 1.67. The molecule has 2 rings (SSSR count). The van der Waals surface area contributed by atoms with Crippen LogP contribution in [0.3, 0.4) is 0 Å². The molecule has 2 N–H and O–H groups in total. The maximum Gasteiger partial charge on any atom is 0.317 e. The van der Waals surface area contributed by atoms with E-state index in [1.165, 1.54) is 25.7 Å². The lowest BCUT2D eigenvalue weighted by Crippen LogP contribution is -2.50. The number of nitrogens with zero attached hydrogens (tertiary/aromatic N) is 2. The number of carboxylic acid groups (broad SMARTS) is 1. The SMILES string of the molecule is CCN(CC(=O)O)C1CCN(C(=O)NCCC2CCCCC2C)CC1. The Bertz CT molecular complexity index is 436. The lowest BCUT2D eigenvalue weighted by Gasteiger charge is -2.37. The first kappa shape index (κ1) is 20.0. The predicted molar refractivity (Wildman–Crippen MR) is 98.6 cm³/mol. The summed E-state index contributed by atoms with van der Waals surface area (Å²) >= 11 is 0. The third-order valence-corrected chi connectivity index (χ3v) is 6.09. The highest BCUT2D eigenvalue weighted by atomic mass is 16.4. The van der Waals surface area contributed by atoms with Crippen LogP contribution in [-0.4, -0.2) is 65.7 Å². The second-order valence-corrected chi connectivity index (χ2v) is 7.72. The molecule has 2 amide bonds. The summed E-state index contributed by atoms with van der Waals surface area (Å²) in [7, 11) is 0. The number of piperidine rings is 1. The van der Waals surface area contributed by atoms with Gasteiger partial charge in [0.15, 0.2) is 0 Å². The molecule has 2 fully saturated rings. The first-order valence-corrected chi connectivity index (χ1v) is 9.99. The summed E-state index contributed by atoms with van der Waals surface area (Å²) in [5.41, 5.74) is 0. The molecule has 0 aromatic heterocycles. The summed E-state index contributed by atoms with van der Waals surface area (Å²) in [6.45, 7) is 7.36. The third-order valence-electron chi connectivity index (χ3n) is 6.09. The number of nitrogens with one attached hydrogen (secondary N) is 1. The number of likely N-dealkylation sites (tertiary alicyclic amines) is 1. The van der Waals surface area contributed by atoms with E-state index in [1.807, 2.05) is 16.7 Å². The molecule has 1 saturated heterocycles. The van der Waals surface area contributed by atoms with E-state index in [-0.39, 0.29) is 18.6 Å². The van der Waals surface area contributed by atoms with Gasteiger partial charge in [-0.25, -0.2) is 4.79 Å². The van der Waals surface area contributed by atoms with Gasteiger partial charge >= 0.3 is 12.0 Å². The molecule has 25 heavy (non-hydrogen) atoms. The van der Waals surface area contributed by atoms with E-state index in [4.69, 9.17) is 5.11 Å². The topological polar surface area (TPSA) is 72.9 Å². The maximum atomic E-state index is 12.4. The van der Waals surface area contributed by atoms with Crippen molar-refractivity contribution in [3.8, 4) is 0 Å². The second kappa shape index (κ2) is 10.00. The normalized spacial score (nSPS) is 25.2. The van der Waals surface area contributed by atoms with Gasteiger partial charge in [-0.2, -0.15) is 0 Å². The molecule has 0 aromatic rings. The summed E-state index contributed by atoms with van der Waals surface area (Å²) in [4.78, 5) is 27.2. The minimum atomic E-state index is -0.779. The van der Waals surface area contributed by atoms with Crippen LogP contribution in [0.2, 0.25) is 0 Å². The molecule has 1 aliphatic carbocycles. The van der Waals surface area contributed by atoms with Gasteiger partial charge in [-0.1, -0.05) is 39.5 Å². The van der Waals surface area contributed by atoms with Crippen molar-refractivity contribution in [2.45, 2.75) is 64.8 Å². The van der Waals surface area contributed by atoms with Crippen LogP contribution in [0.4, 0.5) is 4.79 Å². The minimum Gasteiger partial charge on any atom is -0.480 e. The first-order valence-electron chi connectivity index (χ1n) is 9.99. The molecular formula is C19H35N3O3. The van der Waals surface area contributed by atoms with Gasteiger partial charge in [0.25, 0.3) is 0 Å². The molecule has 2 aliphatic rings. The van der Waals surface area contributed by atoms with E-state index in [2.05, 4.69) is 12.2 Å². The van der Waals surface area contributed by atoms with Crippen molar-refractivity contribution in [1.29, 1.82) is 0 Å². The highest BCUT2D eigenvalue weighted by molar-refractivity contribution is 5.74. The minimum absolute atomic E-state index is 0.0446. The average molecular weight is 354 g/mol. The fourth-order valence-electron chi connectivity index (χ4n) is 4.41. The number of urea groups is 1. The molecule has 144 valence electrons. The van der Waals surface area contributed by atoms with Gasteiger partial charge in [0, 0.05) is 25.7 Å².